The number of aromatic amines is 1. The van der Waals surface area contributed by atoms with E-state index >= 15 is 0 Å². The third-order valence-electron chi connectivity index (χ3n) is 5.32. The van der Waals surface area contributed by atoms with Gasteiger partial charge in [-0.1, -0.05) is 30.2 Å². The lowest BCUT2D eigenvalue weighted by Crippen LogP contribution is -2.34. The van der Waals surface area contributed by atoms with Gasteiger partial charge in [-0.3, -0.25) is 9.89 Å². The van der Waals surface area contributed by atoms with Crippen molar-refractivity contribution in [2.75, 3.05) is 12.3 Å². The van der Waals surface area contributed by atoms with Crippen molar-refractivity contribution >= 4 is 11.9 Å². The first-order chi connectivity index (χ1) is 17.0. The van der Waals surface area contributed by atoms with Gasteiger partial charge in [-0.05, 0) is 36.2 Å². The van der Waals surface area contributed by atoms with Crippen LogP contribution in [-0.2, 0) is 24.3 Å². The van der Waals surface area contributed by atoms with E-state index in [-0.39, 0.29) is 42.7 Å². The van der Waals surface area contributed by atoms with Crippen LogP contribution in [0.5, 0.6) is 5.75 Å². The highest BCUT2D eigenvalue weighted by Gasteiger charge is 2.21. The second-order valence-corrected chi connectivity index (χ2v) is 7.64. The summed E-state index contributed by atoms with van der Waals surface area (Å²) >= 11 is 0. The first kappa shape index (κ1) is 23.4. The number of aryl methyl sites for hydroxylation is 1. The van der Waals surface area contributed by atoms with E-state index in [2.05, 4.69) is 20.4 Å². The van der Waals surface area contributed by atoms with Crippen LogP contribution >= 0.6 is 0 Å². The number of benzene rings is 2. The lowest BCUT2D eigenvalue weighted by molar-refractivity contribution is -0.135. The summed E-state index contributed by atoms with van der Waals surface area (Å²) in [4.78, 5) is 14.5. The van der Waals surface area contributed by atoms with Gasteiger partial charge in [0.05, 0.1) is 23.9 Å². The van der Waals surface area contributed by atoms with E-state index in [1.165, 1.54) is 17.0 Å². The van der Waals surface area contributed by atoms with Gasteiger partial charge in [-0.2, -0.15) is 10.4 Å². The number of carbonyl (C=O) groups is 1. The summed E-state index contributed by atoms with van der Waals surface area (Å²) in [6.07, 6.45) is 2.35. The number of amides is 1. The number of rotatable bonds is 9. The molecule has 0 aliphatic carbocycles. The van der Waals surface area contributed by atoms with Gasteiger partial charge in [0.2, 0.25) is 5.89 Å². The maximum Gasteiger partial charge on any atom is 0.312 e. The first-order valence-corrected chi connectivity index (χ1v) is 10.8. The van der Waals surface area contributed by atoms with E-state index < -0.39 is 11.7 Å². The zero-order chi connectivity index (χ0) is 24.8. The second kappa shape index (κ2) is 10.5. The van der Waals surface area contributed by atoms with E-state index in [0.29, 0.717) is 12.2 Å². The smallest absolute Gasteiger partial charge is 0.312 e. The third-order valence-corrected chi connectivity index (χ3v) is 5.32. The molecule has 11 heteroatoms. The number of hydrogen-bond donors (Lipinski definition) is 2. The molecule has 0 bridgehead atoms. The topological polar surface area (TPSA) is 147 Å². The molecular formula is C24H22FN7O3. The molecule has 35 heavy (non-hydrogen) atoms. The van der Waals surface area contributed by atoms with Crippen molar-refractivity contribution in [1.29, 1.82) is 5.26 Å². The fraction of sp³-hybridized carbons (Fsp3) is 0.208. The van der Waals surface area contributed by atoms with Gasteiger partial charge in [-0.15, -0.1) is 5.10 Å². The molecule has 0 aliphatic rings. The number of halogens is 1. The Balaban J connectivity index is 1.54. The summed E-state index contributed by atoms with van der Waals surface area (Å²) in [6, 6.07) is 13.3. The van der Waals surface area contributed by atoms with E-state index in [4.69, 9.17) is 20.1 Å². The molecule has 2 aromatic carbocycles. The molecule has 3 N–H and O–H groups in total. The van der Waals surface area contributed by atoms with E-state index in [0.717, 1.165) is 22.9 Å². The molecule has 0 radical (unpaired) electrons. The van der Waals surface area contributed by atoms with E-state index in [9.17, 15) is 9.18 Å². The Morgan fingerprint density at radius 2 is 2.03 bits per heavy atom. The highest BCUT2D eigenvalue weighted by Crippen LogP contribution is 2.27. The van der Waals surface area contributed by atoms with Crippen LogP contribution in [0.15, 0.2) is 53.1 Å². The van der Waals surface area contributed by atoms with Crippen LogP contribution in [0.2, 0.25) is 0 Å². The summed E-state index contributed by atoms with van der Waals surface area (Å²) in [7, 11) is 0. The van der Waals surface area contributed by atoms with Crippen LogP contribution in [0.25, 0.3) is 11.3 Å². The van der Waals surface area contributed by atoms with Crippen molar-refractivity contribution in [1.82, 2.24) is 25.3 Å². The van der Waals surface area contributed by atoms with Crippen molar-refractivity contribution in [3.63, 3.8) is 0 Å². The Kier molecular flexibility index (Phi) is 7.02. The number of hydrogen-bond acceptors (Lipinski definition) is 8. The monoisotopic (exact) mass is 475 g/mol. The number of ether oxygens (including phenoxy) is 1. The minimum Gasteiger partial charge on any atom is -0.483 e. The molecule has 0 spiro atoms. The molecule has 0 atom stereocenters. The van der Waals surface area contributed by atoms with Crippen molar-refractivity contribution in [3.8, 4) is 23.1 Å². The zero-order valence-corrected chi connectivity index (χ0v) is 18.9. The lowest BCUT2D eigenvalue weighted by Gasteiger charge is -2.22. The highest BCUT2D eigenvalue weighted by molar-refractivity contribution is 5.78. The molecule has 1 amide bonds. The predicted octanol–water partition coefficient (Wildman–Crippen LogP) is 3.22. The molecule has 0 unspecified atom stereocenters. The Bertz CT molecular complexity index is 1360. The number of aromatic nitrogens is 4. The summed E-state index contributed by atoms with van der Waals surface area (Å²) in [5.74, 6) is -0.382. The van der Waals surface area contributed by atoms with Gasteiger partial charge in [-0.25, -0.2) is 4.39 Å². The normalized spacial score (nSPS) is 10.7. The molecular weight excluding hydrogens is 453 g/mol. The average Bonchev–Trinajstić information content (AvgIpc) is 3.55. The van der Waals surface area contributed by atoms with Crippen LogP contribution in [0.3, 0.4) is 0 Å². The van der Waals surface area contributed by atoms with Crippen molar-refractivity contribution in [2.24, 2.45) is 0 Å². The summed E-state index contributed by atoms with van der Waals surface area (Å²) < 4.78 is 25.6. The molecule has 2 heterocycles. The Labute approximate surface area is 200 Å². The number of nitrogens with zero attached hydrogens (tertiary/aromatic N) is 5. The lowest BCUT2D eigenvalue weighted by atomic mass is 10.1. The predicted molar refractivity (Wildman–Crippen MR) is 123 cm³/mol. The molecule has 2 aromatic heterocycles. The van der Waals surface area contributed by atoms with Crippen molar-refractivity contribution in [3.05, 3.63) is 77.1 Å². The van der Waals surface area contributed by atoms with Gasteiger partial charge < -0.3 is 19.8 Å². The molecule has 0 aliphatic heterocycles. The number of nitriles is 1. The fourth-order valence-corrected chi connectivity index (χ4v) is 3.47. The van der Waals surface area contributed by atoms with E-state index in [1.54, 1.807) is 6.20 Å². The maximum absolute atomic E-state index is 14.5. The SMILES string of the molecule is CCc1ccc(-c2ccn[nH]2)cc1OCC(=O)N(Cc1nnc(N)o1)Cc1ccc(C#N)cc1F. The Morgan fingerprint density at radius 1 is 1.20 bits per heavy atom. The van der Waals surface area contributed by atoms with E-state index in [1.807, 2.05) is 37.3 Å². The quantitative estimate of drug-likeness (QED) is 0.375. The van der Waals surface area contributed by atoms with Gasteiger partial charge in [0.25, 0.3) is 5.91 Å². The Hall–Kier alpha value is -4.72. The molecule has 178 valence electrons. The van der Waals surface area contributed by atoms with Crippen LogP contribution in [-0.4, -0.2) is 37.8 Å². The molecule has 0 fully saturated rings. The standard InChI is InChI=1S/C24H22FN7O3/c1-2-16-5-6-17(20-7-8-28-29-20)10-21(16)34-14-23(33)32(13-22-30-31-24(27)35-22)12-18-4-3-15(11-26)9-19(18)25/h3-10H,2,12-14H2,1H3,(H2,27,31)(H,28,29). The summed E-state index contributed by atoms with van der Waals surface area (Å²) in [6.45, 7) is 1.48. The minimum atomic E-state index is -0.603. The number of H-pyrrole nitrogens is 1. The average molecular weight is 475 g/mol. The van der Waals surface area contributed by atoms with Crippen LogP contribution < -0.4 is 10.5 Å². The second-order valence-electron chi connectivity index (χ2n) is 7.64. The van der Waals surface area contributed by atoms with Crippen LogP contribution in [0.1, 0.15) is 29.5 Å². The van der Waals surface area contributed by atoms with Gasteiger partial charge in [0, 0.05) is 23.9 Å². The van der Waals surface area contributed by atoms with Crippen LogP contribution in [0.4, 0.5) is 10.4 Å². The summed E-state index contributed by atoms with van der Waals surface area (Å²) in [5, 5.41) is 23.2. The van der Waals surface area contributed by atoms with Gasteiger partial charge in [0.1, 0.15) is 11.6 Å². The number of nitrogen functional groups attached to an aromatic ring is 1. The van der Waals surface area contributed by atoms with Gasteiger partial charge >= 0.3 is 6.01 Å². The number of carbonyl (C=O) groups excluding carboxylic acids is 1. The first-order valence-electron chi connectivity index (χ1n) is 10.8. The third kappa shape index (κ3) is 5.62. The molecule has 10 nitrogen and oxygen atoms in total. The minimum absolute atomic E-state index is 0.0966. The largest absolute Gasteiger partial charge is 0.483 e. The van der Waals surface area contributed by atoms with Crippen LogP contribution in [0, 0.1) is 17.1 Å². The number of nitrogens with one attached hydrogen (secondary N) is 1. The van der Waals surface area contributed by atoms with Crippen molar-refractivity contribution in [2.45, 2.75) is 26.4 Å². The zero-order valence-electron chi connectivity index (χ0n) is 18.9. The maximum atomic E-state index is 14.5. The van der Waals surface area contributed by atoms with Crippen molar-refractivity contribution < 1.29 is 18.3 Å². The number of anilines is 1. The molecule has 4 aromatic rings. The number of nitrogens with two attached hydrogens (primary N) is 1. The highest BCUT2D eigenvalue weighted by atomic mass is 19.1. The molecule has 0 saturated carbocycles. The fourth-order valence-electron chi connectivity index (χ4n) is 3.47. The summed E-state index contributed by atoms with van der Waals surface area (Å²) in [5.41, 5.74) is 8.50. The van der Waals surface area contributed by atoms with Gasteiger partial charge in [0.15, 0.2) is 6.61 Å². The molecule has 0 saturated heterocycles. The Morgan fingerprint density at radius 3 is 2.69 bits per heavy atom. The molecule has 4 rings (SSSR count).